The molecule has 6 nitrogen and oxygen atoms in total. The van der Waals surface area contributed by atoms with Crippen molar-refractivity contribution in [1.29, 1.82) is 0 Å². The fourth-order valence-corrected chi connectivity index (χ4v) is 2.57. The predicted molar refractivity (Wildman–Crippen MR) is 83.1 cm³/mol. The Labute approximate surface area is 139 Å². The number of aromatic nitrogens is 2. The first kappa shape index (κ1) is 18.7. The molecular formula is C15H23F3N4O2. The van der Waals surface area contributed by atoms with Crippen molar-refractivity contribution in [1.82, 2.24) is 14.9 Å². The molecule has 1 aliphatic heterocycles. The highest BCUT2D eigenvalue weighted by molar-refractivity contribution is 5.32. The van der Waals surface area contributed by atoms with Crippen molar-refractivity contribution in [3.05, 3.63) is 12.3 Å². The van der Waals surface area contributed by atoms with Crippen molar-refractivity contribution in [3.8, 4) is 5.88 Å². The topological polar surface area (TPSA) is 61.7 Å². The quantitative estimate of drug-likeness (QED) is 0.874. The minimum absolute atomic E-state index is 0.397. The third kappa shape index (κ3) is 4.70. The molecule has 1 fully saturated rings. The Balaban J connectivity index is 1.99. The molecule has 0 radical (unpaired) electrons. The molecule has 0 bridgehead atoms. The van der Waals surface area contributed by atoms with Crippen molar-refractivity contribution in [3.63, 3.8) is 0 Å². The summed E-state index contributed by atoms with van der Waals surface area (Å²) in [5, 5.41) is 9.65. The molecule has 0 amide bonds. The third-order valence-corrected chi connectivity index (χ3v) is 3.92. The molecule has 1 aliphatic rings. The number of ether oxygens (including phenoxy) is 1. The van der Waals surface area contributed by atoms with Crippen LogP contribution in [0.25, 0.3) is 0 Å². The number of rotatable bonds is 5. The van der Waals surface area contributed by atoms with Crippen LogP contribution in [-0.4, -0.2) is 71.1 Å². The predicted octanol–water partition coefficient (Wildman–Crippen LogP) is 1.70. The molecule has 0 unspecified atom stereocenters. The molecule has 2 heterocycles. The van der Waals surface area contributed by atoms with Crippen LogP contribution in [0.4, 0.5) is 19.1 Å². The fraction of sp³-hybridized carbons (Fsp3) is 0.733. The van der Waals surface area contributed by atoms with Crippen LogP contribution in [-0.2, 0) is 0 Å². The van der Waals surface area contributed by atoms with E-state index in [1.165, 1.54) is 0 Å². The summed E-state index contributed by atoms with van der Waals surface area (Å²) in [6.45, 7) is 4.73. The first-order valence-corrected chi connectivity index (χ1v) is 7.95. The summed E-state index contributed by atoms with van der Waals surface area (Å²) < 4.78 is 43.8. The minimum atomic E-state index is -4.64. The van der Waals surface area contributed by atoms with E-state index in [0.29, 0.717) is 51.0 Å². The Hall–Kier alpha value is -1.61. The van der Waals surface area contributed by atoms with Gasteiger partial charge in [0.1, 0.15) is 0 Å². The highest BCUT2D eigenvalue weighted by atomic mass is 19.4. The van der Waals surface area contributed by atoms with Crippen molar-refractivity contribution in [2.75, 3.05) is 44.2 Å². The maximum atomic E-state index is 12.8. The lowest BCUT2D eigenvalue weighted by Crippen LogP contribution is -2.52. The van der Waals surface area contributed by atoms with Gasteiger partial charge in [0.15, 0.2) is 5.60 Å². The van der Waals surface area contributed by atoms with Gasteiger partial charge in [0.2, 0.25) is 11.8 Å². The van der Waals surface area contributed by atoms with Gasteiger partial charge in [0, 0.05) is 45.0 Å². The zero-order valence-corrected chi connectivity index (χ0v) is 13.9. The van der Waals surface area contributed by atoms with Crippen molar-refractivity contribution < 1.29 is 23.0 Å². The number of hydrogen-bond acceptors (Lipinski definition) is 6. The minimum Gasteiger partial charge on any atom is -0.478 e. The van der Waals surface area contributed by atoms with Crippen LogP contribution in [0.3, 0.4) is 0 Å². The summed E-state index contributed by atoms with van der Waals surface area (Å²) in [6, 6.07) is 1.66. The first-order chi connectivity index (χ1) is 11.2. The van der Waals surface area contributed by atoms with Crippen LogP contribution in [0.1, 0.15) is 20.3 Å². The number of aliphatic hydroxyl groups is 1. The lowest BCUT2D eigenvalue weighted by molar-refractivity contribution is -0.257. The van der Waals surface area contributed by atoms with Crippen LogP contribution >= 0.6 is 0 Å². The standard InChI is InChI=1S/C15H23F3N4O2/c1-3-24-12-5-6-19-13(20-12)22-8-4-7-21(9-10-22)11-14(2,23)15(16,17)18/h5-6,23H,3-4,7-11H2,1-2H3/t14-/m1/s1. The number of nitrogens with zero attached hydrogens (tertiary/aromatic N) is 4. The molecule has 0 spiro atoms. The molecule has 1 saturated heterocycles. The number of alkyl halides is 3. The fourth-order valence-electron chi connectivity index (χ4n) is 2.57. The van der Waals surface area contributed by atoms with Gasteiger partial charge in [-0.05, 0) is 20.3 Å². The highest BCUT2D eigenvalue weighted by Gasteiger charge is 2.50. The number of halogens is 3. The van der Waals surface area contributed by atoms with Crippen molar-refractivity contribution >= 4 is 5.95 Å². The summed E-state index contributed by atoms with van der Waals surface area (Å²) in [5.74, 6) is 0.981. The molecule has 24 heavy (non-hydrogen) atoms. The SMILES string of the molecule is CCOc1ccnc(N2CCCN(C[C@@](C)(O)C(F)(F)F)CC2)n1. The molecule has 1 N–H and O–H groups in total. The molecule has 1 aromatic rings. The van der Waals surface area contributed by atoms with E-state index in [9.17, 15) is 18.3 Å². The molecule has 1 atom stereocenters. The molecule has 2 rings (SSSR count). The van der Waals surface area contributed by atoms with Crippen molar-refractivity contribution in [2.24, 2.45) is 0 Å². The van der Waals surface area contributed by atoms with Crippen LogP contribution in [0.15, 0.2) is 12.3 Å². The smallest absolute Gasteiger partial charge is 0.418 e. The Morgan fingerprint density at radius 3 is 2.67 bits per heavy atom. The maximum absolute atomic E-state index is 12.8. The summed E-state index contributed by atoms with van der Waals surface area (Å²) in [6.07, 6.45) is -2.38. The van der Waals surface area contributed by atoms with Gasteiger partial charge in [-0.2, -0.15) is 18.2 Å². The average Bonchev–Trinajstić information content (AvgIpc) is 2.72. The van der Waals surface area contributed by atoms with Gasteiger partial charge < -0.3 is 14.7 Å². The van der Waals surface area contributed by atoms with Gasteiger partial charge in [-0.1, -0.05) is 0 Å². The average molecular weight is 348 g/mol. The van der Waals surface area contributed by atoms with E-state index in [-0.39, 0.29) is 0 Å². The van der Waals surface area contributed by atoms with Gasteiger partial charge in [-0.25, -0.2) is 4.98 Å². The lowest BCUT2D eigenvalue weighted by atomic mass is 10.1. The largest absolute Gasteiger partial charge is 0.478 e. The second-order valence-corrected chi connectivity index (χ2v) is 6.02. The van der Waals surface area contributed by atoms with Gasteiger partial charge in [-0.3, -0.25) is 4.90 Å². The van der Waals surface area contributed by atoms with Crippen LogP contribution in [0.2, 0.25) is 0 Å². The highest BCUT2D eigenvalue weighted by Crippen LogP contribution is 2.31. The zero-order valence-electron chi connectivity index (χ0n) is 13.9. The molecule has 0 saturated carbocycles. The van der Waals surface area contributed by atoms with Crippen LogP contribution in [0, 0.1) is 0 Å². The van der Waals surface area contributed by atoms with Crippen LogP contribution in [0.5, 0.6) is 5.88 Å². The second kappa shape index (κ2) is 7.52. The Morgan fingerprint density at radius 2 is 2.00 bits per heavy atom. The number of β-amino-alcohol motifs (C(OH)–C–C–N with tert-alkyl or cyclic N) is 1. The third-order valence-electron chi connectivity index (χ3n) is 3.92. The molecule has 0 aromatic carbocycles. The van der Waals surface area contributed by atoms with Gasteiger partial charge in [0.05, 0.1) is 6.61 Å². The first-order valence-electron chi connectivity index (χ1n) is 7.95. The number of anilines is 1. The molecular weight excluding hydrogens is 325 g/mol. The van der Waals surface area contributed by atoms with Gasteiger partial charge in [0.25, 0.3) is 0 Å². The summed E-state index contributed by atoms with van der Waals surface area (Å²) in [7, 11) is 0. The Kier molecular flexibility index (Phi) is 5.87. The van der Waals surface area contributed by atoms with E-state index in [4.69, 9.17) is 4.74 Å². The maximum Gasteiger partial charge on any atom is 0.418 e. The van der Waals surface area contributed by atoms with E-state index in [1.54, 1.807) is 17.2 Å². The van der Waals surface area contributed by atoms with Crippen LogP contribution < -0.4 is 9.64 Å². The number of hydrogen-bond donors (Lipinski definition) is 1. The monoisotopic (exact) mass is 348 g/mol. The van der Waals surface area contributed by atoms with Gasteiger partial charge in [-0.15, -0.1) is 0 Å². The van der Waals surface area contributed by atoms with E-state index >= 15 is 0 Å². The summed E-state index contributed by atoms with van der Waals surface area (Å²) in [5.41, 5.74) is -2.71. The van der Waals surface area contributed by atoms with Crippen molar-refractivity contribution in [2.45, 2.75) is 32.0 Å². The van der Waals surface area contributed by atoms with E-state index in [1.807, 2.05) is 11.8 Å². The Morgan fingerprint density at radius 1 is 1.25 bits per heavy atom. The Bertz CT molecular complexity index is 540. The van der Waals surface area contributed by atoms with E-state index in [2.05, 4.69) is 9.97 Å². The zero-order chi connectivity index (χ0) is 17.8. The molecule has 9 heteroatoms. The summed E-state index contributed by atoms with van der Waals surface area (Å²) in [4.78, 5) is 12.1. The van der Waals surface area contributed by atoms with E-state index in [0.717, 1.165) is 6.92 Å². The summed E-state index contributed by atoms with van der Waals surface area (Å²) >= 11 is 0. The normalized spacial score (nSPS) is 19.7. The van der Waals surface area contributed by atoms with Gasteiger partial charge >= 0.3 is 6.18 Å². The molecule has 1 aromatic heterocycles. The second-order valence-electron chi connectivity index (χ2n) is 6.02. The lowest BCUT2D eigenvalue weighted by Gasteiger charge is -2.32. The molecule has 0 aliphatic carbocycles. The molecule has 136 valence electrons. The van der Waals surface area contributed by atoms with E-state index < -0.39 is 18.3 Å².